The van der Waals surface area contributed by atoms with Crippen LogP contribution in [-0.4, -0.2) is 15.9 Å². The van der Waals surface area contributed by atoms with E-state index >= 15 is 0 Å². The molecule has 0 amide bonds. The number of hydrogen-bond donors (Lipinski definition) is 0. The van der Waals surface area contributed by atoms with Gasteiger partial charge in [0.1, 0.15) is 5.82 Å². The Kier molecular flexibility index (Phi) is 3.49. The lowest BCUT2D eigenvalue weighted by atomic mass is 9.90. The molecule has 8 heteroatoms. The van der Waals surface area contributed by atoms with E-state index in [1.165, 1.54) is 12.1 Å². The fourth-order valence-corrected chi connectivity index (χ4v) is 3.34. The topological polar surface area (TPSA) is 56.0 Å². The molecule has 2 saturated carbocycles. The largest absolute Gasteiger partial charge is 0.471 e. The summed E-state index contributed by atoms with van der Waals surface area (Å²) in [6.45, 7) is 0. The molecule has 2 aromatic rings. The lowest BCUT2D eigenvalue weighted by Gasteiger charge is -2.13. The van der Waals surface area contributed by atoms with E-state index in [4.69, 9.17) is 0 Å². The molecule has 1 aromatic heterocycles. The van der Waals surface area contributed by atoms with Crippen LogP contribution in [0, 0.1) is 17.2 Å². The molecule has 25 heavy (non-hydrogen) atoms. The maximum Gasteiger partial charge on any atom is 0.471 e. The van der Waals surface area contributed by atoms with Gasteiger partial charge in [0, 0.05) is 12.0 Å². The summed E-state index contributed by atoms with van der Waals surface area (Å²) in [6, 6.07) is 3.58. The number of halogens is 4. The Morgan fingerprint density at radius 2 is 2.00 bits per heavy atom. The summed E-state index contributed by atoms with van der Waals surface area (Å²) in [5, 5.41) is 3.21. The van der Waals surface area contributed by atoms with Gasteiger partial charge < -0.3 is 4.52 Å². The van der Waals surface area contributed by atoms with Crippen molar-refractivity contribution >= 4 is 5.78 Å². The van der Waals surface area contributed by atoms with Crippen molar-refractivity contribution in [3.05, 3.63) is 35.5 Å². The van der Waals surface area contributed by atoms with Crippen molar-refractivity contribution < 1.29 is 26.9 Å². The normalized spacial score (nSPS) is 19.0. The predicted octanol–water partition coefficient (Wildman–Crippen LogP) is 4.66. The molecule has 2 aliphatic carbocycles. The highest BCUT2D eigenvalue weighted by molar-refractivity contribution is 5.97. The van der Waals surface area contributed by atoms with Crippen LogP contribution < -0.4 is 0 Å². The molecule has 4 nitrogen and oxygen atoms in total. The van der Waals surface area contributed by atoms with Crippen LogP contribution in [0.2, 0.25) is 0 Å². The van der Waals surface area contributed by atoms with Crippen LogP contribution in [0.25, 0.3) is 11.4 Å². The van der Waals surface area contributed by atoms with Crippen LogP contribution in [0.5, 0.6) is 0 Å². The van der Waals surface area contributed by atoms with Crippen LogP contribution in [0.4, 0.5) is 17.6 Å². The number of alkyl halides is 3. The zero-order chi connectivity index (χ0) is 17.8. The molecule has 0 atom stereocenters. The quantitative estimate of drug-likeness (QED) is 0.579. The molecule has 0 radical (unpaired) electrons. The number of rotatable bonds is 5. The van der Waals surface area contributed by atoms with Crippen LogP contribution in [0.3, 0.4) is 0 Å². The molecule has 0 unspecified atom stereocenters. The van der Waals surface area contributed by atoms with Gasteiger partial charge in [0.2, 0.25) is 5.82 Å². The summed E-state index contributed by atoms with van der Waals surface area (Å²) in [7, 11) is 0. The van der Waals surface area contributed by atoms with E-state index in [1.807, 2.05) is 0 Å². The van der Waals surface area contributed by atoms with Crippen LogP contribution in [-0.2, 0) is 6.18 Å². The Morgan fingerprint density at radius 3 is 2.52 bits per heavy atom. The van der Waals surface area contributed by atoms with Gasteiger partial charge in [0.15, 0.2) is 5.78 Å². The smallest absolute Gasteiger partial charge is 0.329 e. The number of hydrogen-bond acceptors (Lipinski definition) is 4. The first-order valence-corrected chi connectivity index (χ1v) is 8.02. The number of carbonyl (C=O) groups is 1. The molecule has 1 aromatic carbocycles. The molecular formula is C17H14F4N2O2. The van der Waals surface area contributed by atoms with Gasteiger partial charge in [-0.3, -0.25) is 4.79 Å². The molecule has 0 spiro atoms. The van der Waals surface area contributed by atoms with Crippen LogP contribution in [0.15, 0.2) is 22.7 Å². The van der Waals surface area contributed by atoms with E-state index in [0.29, 0.717) is 12.3 Å². The molecule has 0 N–H and O–H groups in total. The Bertz CT molecular complexity index is 835. The van der Waals surface area contributed by atoms with Crippen molar-refractivity contribution in [3.63, 3.8) is 0 Å². The Morgan fingerprint density at radius 1 is 1.28 bits per heavy atom. The third-order valence-electron chi connectivity index (χ3n) is 5.04. The molecule has 132 valence electrons. The fraction of sp³-hybridized carbons (Fsp3) is 0.471. The zero-order valence-corrected chi connectivity index (χ0v) is 13.1. The second-order valence-corrected chi connectivity index (χ2v) is 6.85. The Balaban J connectivity index is 1.54. The van der Waals surface area contributed by atoms with Gasteiger partial charge >= 0.3 is 12.1 Å². The summed E-state index contributed by atoms with van der Waals surface area (Å²) in [6.07, 6.45) is -0.157. The SMILES string of the molecule is O=C(CC1(C2CC2)CC1)c1ccc(-c2noc(C(F)(F)F)n2)cc1F. The third-order valence-corrected chi connectivity index (χ3v) is 5.04. The Labute approximate surface area is 140 Å². The van der Waals surface area contributed by atoms with Crippen molar-refractivity contribution in [2.24, 2.45) is 11.3 Å². The molecule has 2 aliphatic rings. The van der Waals surface area contributed by atoms with Crippen molar-refractivity contribution in [1.29, 1.82) is 0 Å². The third kappa shape index (κ3) is 3.05. The van der Waals surface area contributed by atoms with Crippen molar-refractivity contribution in [3.8, 4) is 11.4 Å². The first kappa shape index (κ1) is 16.2. The highest BCUT2D eigenvalue weighted by atomic mass is 19.4. The Hall–Kier alpha value is -2.25. The van der Waals surface area contributed by atoms with Gasteiger partial charge in [0.25, 0.3) is 0 Å². The van der Waals surface area contributed by atoms with Crippen molar-refractivity contribution in [1.82, 2.24) is 10.1 Å². The fourth-order valence-electron chi connectivity index (χ4n) is 3.34. The van der Waals surface area contributed by atoms with Crippen LogP contribution in [0.1, 0.15) is 48.4 Å². The van der Waals surface area contributed by atoms with E-state index in [9.17, 15) is 22.4 Å². The molecule has 1 heterocycles. The second-order valence-electron chi connectivity index (χ2n) is 6.85. The first-order valence-electron chi connectivity index (χ1n) is 8.02. The van der Waals surface area contributed by atoms with E-state index in [1.54, 1.807) is 0 Å². The molecule has 0 bridgehead atoms. The average Bonchev–Trinajstić information content (AvgIpc) is 3.45. The molecule has 4 rings (SSSR count). The van der Waals surface area contributed by atoms with Gasteiger partial charge in [-0.1, -0.05) is 11.2 Å². The summed E-state index contributed by atoms with van der Waals surface area (Å²) in [5.74, 6) is -2.34. The highest BCUT2D eigenvalue weighted by Gasteiger charge is 2.54. The van der Waals surface area contributed by atoms with Gasteiger partial charge in [-0.05, 0) is 49.1 Å². The summed E-state index contributed by atoms with van der Waals surface area (Å²) in [4.78, 5) is 15.6. The minimum absolute atomic E-state index is 0.0247. The number of Topliss-reactive ketones (excluding diaryl/α,β-unsaturated/α-hetero) is 1. The number of aromatic nitrogens is 2. The van der Waals surface area contributed by atoms with Gasteiger partial charge in [-0.2, -0.15) is 18.2 Å². The maximum atomic E-state index is 14.3. The summed E-state index contributed by atoms with van der Waals surface area (Å²) in [5.41, 5.74) is 0.0316. The second kappa shape index (κ2) is 5.37. The van der Waals surface area contributed by atoms with E-state index in [0.717, 1.165) is 31.7 Å². The molecule has 0 saturated heterocycles. The zero-order valence-electron chi connectivity index (χ0n) is 13.1. The summed E-state index contributed by atoms with van der Waals surface area (Å²) < 4.78 is 55.9. The minimum atomic E-state index is -4.76. The average molecular weight is 354 g/mol. The van der Waals surface area contributed by atoms with E-state index in [2.05, 4.69) is 14.7 Å². The standard InChI is InChI=1S/C17H14F4N2O2/c18-12-7-9(14-22-15(25-23-14)17(19,20)21)1-4-11(12)13(24)8-16(5-6-16)10-2-3-10/h1,4,7,10H,2-3,5-6,8H2. The lowest BCUT2D eigenvalue weighted by Crippen LogP contribution is -2.13. The minimum Gasteiger partial charge on any atom is -0.329 e. The van der Waals surface area contributed by atoms with Gasteiger partial charge in [-0.25, -0.2) is 4.39 Å². The van der Waals surface area contributed by atoms with Crippen molar-refractivity contribution in [2.45, 2.75) is 38.3 Å². The number of ketones is 1. The van der Waals surface area contributed by atoms with Crippen molar-refractivity contribution in [2.75, 3.05) is 0 Å². The van der Waals surface area contributed by atoms with Crippen LogP contribution >= 0.6 is 0 Å². The summed E-state index contributed by atoms with van der Waals surface area (Å²) >= 11 is 0. The van der Waals surface area contributed by atoms with Gasteiger partial charge in [0.05, 0.1) is 5.56 Å². The monoisotopic (exact) mass is 354 g/mol. The molecule has 0 aliphatic heterocycles. The van der Waals surface area contributed by atoms with Gasteiger partial charge in [-0.15, -0.1) is 0 Å². The number of benzene rings is 1. The number of carbonyl (C=O) groups excluding carboxylic acids is 1. The number of nitrogens with zero attached hydrogens (tertiary/aromatic N) is 2. The first-order chi connectivity index (χ1) is 11.8. The molecular weight excluding hydrogens is 340 g/mol. The maximum absolute atomic E-state index is 14.3. The predicted molar refractivity (Wildman–Crippen MR) is 78.0 cm³/mol. The highest BCUT2D eigenvalue weighted by Crippen LogP contribution is 2.63. The molecule has 2 fully saturated rings. The van der Waals surface area contributed by atoms with E-state index in [-0.39, 0.29) is 28.1 Å². The van der Waals surface area contributed by atoms with E-state index < -0.39 is 17.9 Å². The lowest BCUT2D eigenvalue weighted by molar-refractivity contribution is -0.159.